The molecule has 6 aromatic rings. The summed E-state index contributed by atoms with van der Waals surface area (Å²) in [7, 11) is 2.92. The summed E-state index contributed by atoms with van der Waals surface area (Å²) in [4.78, 5) is 22.4. The van der Waals surface area contributed by atoms with Crippen LogP contribution in [0.2, 0.25) is 0 Å². The maximum atomic E-state index is 13.1. The second-order valence-electron chi connectivity index (χ2n) is 10.1. The molecule has 0 aliphatic heterocycles. The first-order valence-corrected chi connectivity index (χ1v) is 14.1. The number of methoxy groups -OCH3 is 1. The largest absolute Gasteiger partial charge is 0.477 e. The highest BCUT2D eigenvalue weighted by atomic mass is 19.1. The van der Waals surface area contributed by atoms with Crippen molar-refractivity contribution in [2.45, 2.75) is 27.1 Å². The highest BCUT2D eigenvalue weighted by Gasteiger charge is 2.19. The van der Waals surface area contributed by atoms with Gasteiger partial charge in [0, 0.05) is 30.3 Å². The number of carbonyl (C=O) groups excluding carboxylic acids is 1. The van der Waals surface area contributed by atoms with Gasteiger partial charge in [-0.3, -0.25) is 9.78 Å². The van der Waals surface area contributed by atoms with E-state index in [1.807, 2.05) is 0 Å². The van der Waals surface area contributed by atoms with Gasteiger partial charge in [-0.05, 0) is 62.4 Å². The van der Waals surface area contributed by atoms with E-state index in [2.05, 4.69) is 30.3 Å². The molecule has 0 saturated heterocycles. The number of nitrogens with zero attached hydrogens (tertiary/aromatic N) is 5. The molecule has 0 spiro atoms. The molecule has 2 aromatic carbocycles. The lowest BCUT2D eigenvalue weighted by Crippen LogP contribution is -2.07. The molecule has 0 unspecified atom stereocenters. The zero-order valence-electron chi connectivity index (χ0n) is 26.0. The van der Waals surface area contributed by atoms with Crippen LogP contribution in [-0.2, 0) is 25.0 Å². The first kappa shape index (κ1) is 33.1. The predicted molar refractivity (Wildman–Crippen MR) is 162 cm³/mol. The maximum absolute atomic E-state index is 13.1. The van der Waals surface area contributed by atoms with E-state index in [9.17, 15) is 18.4 Å². The number of aromatic amines is 1. The number of benzene rings is 2. The number of ether oxygens (including phenoxy) is 3. The molecule has 0 aliphatic rings. The second kappa shape index (κ2) is 14.4. The summed E-state index contributed by atoms with van der Waals surface area (Å²) in [5.74, 6) is -0.739. The number of carboxylic acid groups (broad SMARTS) is 1. The van der Waals surface area contributed by atoms with Gasteiger partial charge in [0.05, 0.1) is 18.2 Å². The molecular weight excluding hydrogens is 634 g/mol. The van der Waals surface area contributed by atoms with Gasteiger partial charge >= 0.3 is 11.9 Å². The van der Waals surface area contributed by atoms with Crippen molar-refractivity contribution < 1.29 is 46.7 Å². The van der Waals surface area contributed by atoms with Crippen LogP contribution >= 0.6 is 0 Å². The smallest absolute Gasteiger partial charge is 0.356 e. The lowest BCUT2D eigenvalue weighted by atomic mass is 10.1. The van der Waals surface area contributed by atoms with Crippen LogP contribution < -0.4 is 9.47 Å². The van der Waals surface area contributed by atoms with Crippen molar-refractivity contribution in [2.75, 3.05) is 7.11 Å². The Hall–Kier alpha value is -6.32. The predicted octanol–water partition coefficient (Wildman–Crippen LogP) is 5.68. The summed E-state index contributed by atoms with van der Waals surface area (Å²) >= 11 is 0. The Morgan fingerprint density at radius 2 is 1.33 bits per heavy atom. The van der Waals surface area contributed by atoms with Gasteiger partial charge in [-0.1, -0.05) is 10.3 Å². The van der Waals surface area contributed by atoms with Crippen molar-refractivity contribution >= 4 is 11.9 Å². The number of hydrogen-bond acceptors (Lipinski definition) is 11. The van der Waals surface area contributed by atoms with Crippen LogP contribution in [0.4, 0.5) is 8.78 Å². The van der Waals surface area contributed by atoms with E-state index in [0.717, 1.165) is 5.56 Å². The van der Waals surface area contributed by atoms with Crippen LogP contribution in [-0.4, -0.2) is 54.4 Å². The third-order valence-electron chi connectivity index (χ3n) is 6.97. The zero-order chi connectivity index (χ0) is 34.4. The van der Waals surface area contributed by atoms with Gasteiger partial charge in [-0.15, -0.1) is 10.2 Å². The summed E-state index contributed by atoms with van der Waals surface area (Å²) in [5.41, 5.74) is 4.12. The highest BCUT2D eigenvalue weighted by molar-refractivity contribution is 5.87. The van der Waals surface area contributed by atoms with Crippen LogP contribution in [0.3, 0.4) is 0 Å². The van der Waals surface area contributed by atoms with Crippen molar-refractivity contribution in [3.8, 4) is 34.3 Å². The number of rotatable bonds is 10. The molecular formula is C32H28F2N6O8. The summed E-state index contributed by atoms with van der Waals surface area (Å²) in [6, 6.07) is 14.6. The first-order chi connectivity index (χ1) is 23.0. The number of halogens is 2. The van der Waals surface area contributed by atoms with E-state index in [4.69, 9.17) is 23.6 Å². The summed E-state index contributed by atoms with van der Waals surface area (Å²) in [6.45, 7) is 3.72. The van der Waals surface area contributed by atoms with Gasteiger partial charge in [-0.2, -0.15) is 0 Å². The van der Waals surface area contributed by atoms with E-state index in [1.165, 1.54) is 48.2 Å². The SMILES string of the molecule is COC(=O)c1cc(OCc2c(-c3ccc(F)cc3)noc2C)nn1C.Cc1onc(-c2ccc(F)cc2)c1COc1cc(C(=O)O)[nH]n1. The Balaban J connectivity index is 0.000000188. The van der Waals surface area contributed by atoms with E-state index in [-0.39, 0.29) is 48.0 Å². The van der Waals surface area contributed by atoms with Gasteiger partial charge in [0.25, 0.3) is 0 Å². The monoisotopic (exact) mass is 662 g/mol. The second-order valence-corrected chi connectivity index (χ2v) is 10.1. The minimum absolute atomic E-state index is 0.0687. The standard InChI is InChI=1S/C17H16FN3O4.C15H12FN3O4/c1-10-13(16(20-25-10)11-4-6-12(18)7-5-11)9-24-15-8-14(17(22)23-3)21(2)19-15;1-8-11(7-22-13-6-12(15(20)21)17-18-13)14(19-23-8)9-2-4-10(16)5-3-9/h4-8H,9H2,1-3H3;2-6H,7H2,1H3,(H,17,18)(H,20,21). The summed E-state index contributed by atoms with van der Waals surface area (Å²) in [5, 5.41) is 27.0. The number of aromatic carboxylic acids is 1. The molecule has 0 radical (unpaired) electrons. The molecule has 14 nitrogen and oxygen atoms in total. The van der Waals surface area contributed by atoms with Gasteiger partial charge < -0.3 is 28.4 Å². The van der Waals surface area contributed by atoms with E-state index in [1.54, 1.807) is 45.2 Å². The molecule has 0 amide bonds. The number of nitrogens with one attached hydrogen (secondary N) is 1. The molecule has 0 atom stereocenters. The molecule has 2 N–H and O–H groups in total. The number of esters is 1. The van der Waals surface area contributed by atoms with Crippen LogP contribution in [0.1, 0.15) is 43.6 Å². The average Bonchev–Trinajstić information content (AvgIpc) is 3.87. The molecule has 0 aliphatic carbocycles. The zero-order valence-corrected chi connectivity index (χ0v) is 26.0. The number of H-pyrrole nitrogens is 1. The molecule has 16 heteroatoms. The topological polar surface area (TPSA) is 181 Å². The Labute approximate surface area is 270 Å². The Morgan fingerprint density at radius 3 is 1.79 bits per heavy atom. The molecule has 4 heterocycles. The van der Waals surface area contributed by atoms with Crippen molar-refractivity contribution in [3.63, 3.8) is 0 Å². The van der Waals surface area contributed by atoms with E-state index >= 15 is 0 Å². The van der Waals surface area contributed by atoms with E-state index in [0.29, 0.717) is 39.6 Å². The molecule has 248 valence electrons. The average molecular weight is 663 g/mol. The van der Waals surface area contributed by atoms with E-state index < -0.39 is 11.9 Å². The molecule has 0 bridgehead atoms. The minimum atomic E-state index is -1.12. The van der Waals surface area contributed by atoms with Gasteiger partial charge in [-0.25, -0.2) is 18.4 Å². The molecule has 4 aromatic heterocycles. The first-order valence-electron chi connectivity index (χ1n) is 14.1. The summed E-state index contributed by atoms with van der Waals surface area (Å²) < 4.78 is 53.7. The van der Waals surface area contributed by atoms with Crippen molar-refractivity contribution in [3.05, 3.63) is 106 Å². The van der Waals surface area contributed by atoms with Crippen molar-refractivity contribution in [1.29, 1.82) is 0 Å². The fraction of sp³-hybridized carbons (Fsp3) is 0.188. The van der Waals surface area contributed by atoms with Crippen LogP contribution in [0, 0.1) is 25.5 Å². The van der Waals surface area contributed by atoms with Gasteiger partial charge in [0.15, 0.2) is 0 Å². The van der Waals surface area contributed by atoms with Gasteiger partial charge in [0.1, 0.15) is 59.1 Å². The Kier molecular flexibility index (Phi) is 9.92. The lowest BCUT2D eigenvalue weighted by molar-refractivity contribution is 0.0587. The number of hydrogen-bond donors (Lipinski definition) is 2. The fourth-order valence-corrected chi connectivity index (χ4v) is 4.38. The normalized spacial score (nSPS) is 10.7. The van der Waals surface area contributed by atoms with Crippen molar-refractivity contribution in [1.82, 2.24) is 30.3 Å². The Bertz CT molecular complexity index is 2030. The van der Waals surface area contributed by atoms with Crippen molar-refractivity contribution in [2.24, 2.45) is 7.05 Å². The quantitative estimate of drug-likeness (QED) is 0.172. The van der Waals surface area contributed by atoms with Crippen LogP contribution in [0.25, 0.3) is 22.5 Å². The number of carboxylic acids is 1. The summed E-state index contributed by atoms with van der Waals surface area (Å²) in [6.07, 6.45) is 0. The maximum Gasteiger partial charge on any atom is 0.356 e. The highest BCUT2D eigenvalue weighted by Crippen LogP contribution is 2.28. The third-order valence-corrected chi connectivity index (χ3v) is 6.97. The molecule has 0 saturated carbocycles. The molecule has 0 fully saturated rings. The fourth-order valence-electron chi connectivity index (χ4n) is 4.38. The Morgan fingerprint density at radius 1 is 0.833 bits per heavy atom. The molecule has 6 rings (SSSR count). The third kappa shape index (κ3) is 7.55. The minimum Gasteiger partial charge on any atom is -0.477 e. The van der Waals surface area contributed by atoms with Crippen LogP contribution in [0.15, 0.2) is 69.7 Å². The van der Waals surface area contributed by atoms with Gasteiger partial charge in [0.2, 0.25) is 11.8 Å². The number of aryl methyl sites for hydroxylation is 3. The number of carbonyl (C=O) groups is 2. The lowest BCUT2D eigenvalue weighted by Gasteiger charge is -2.04. The van der Waals surface area contributed by atoms with Crippen LogP contribution in [0.5, 0.6) is 11.8 Å². The molecule has 48 heavy (non-hydrogen) atoms. The number of aromatic nitrogens is 6.